The Morgan fingerprint density at radius 3 is 2.37 bits per heavy atom. The number of hydrogen-bond acceptors (Lipinski definition) is 9. The molecule has 0 spiro atoms. The first kappa shape index (κ1) is 34.9. The Kier molecular flexibility index (Phi) is 12.5. The number of ether oxygens (including phenoxy) is 1. The van der Waals surface area contributed by atoms with E-state index < -0.39 is 36.3 Å². The third-order valence-corrected chi connectivity index (χ3v) is 8.33. The molecule has 2 N–H and O–H groups in total. The third kappa shape index (κ3) is 9.34. The summed E-state index contributed by atoms with van der Waals surface area (Å²) in [4.78, 5) is 11.6. The maximum atomic E-state index is 12.1. The minimum Gasteiger partial charge on any atom is -0.748 e. The van der Waals surface area contributed by atoms with Gasteiger partial charge in [-0.25, -0.2) is 16.8 Å². The number of benzene rings is 2. The number of allylic oxidation sites excluding steroid dienone is 3. The standard InChI is InChI=1S/C28H34N2O8S2.Na/c1-3-38-26(31)14-8-17-28(2)23-20-22(40(35,36)37)15-16-25(23)30(18-9-19-39(32,33)34)27(28)24(29)13-7-12-21-10-5-4-6-11-21;/h4-7,10-13,15-16,20H,3,8-9,14,17-19,29H2,1-2H3,(H-,32,33,34,35,36,37);/q;+1/p-1. The number of rotatable bonds is 13. The number of esters is 1. The number of hydrogen-bond donors (Lipinski definition) is 1. The van der Waals surface area contributed by atoms with Crippen LogP contribution in [-0.4, -0.2) is 61.1 Å². The maximum absolute atomic E-state index is 12.1. The van der Waals surface area contributed by atoms with Gasteiger partial charge in [-0.05, 0) is 50.5 Å². The van der Waals surface area contributed by atoms with E-state index in [2.05, 4.69) is 0 Å². The molecule has 1 heterocycles. The minimum atomic E-state index is -4.78. The molecule has 0 aromatic heterocycles. The predicted octanol–water partition coefficient (Wildman–Crippen LogP) is 0.176. The minimum absolute atomic E-state index is 0. The molecule has 1 atom stereocenters. The van der Waals surface area contributed by atoms with Gasteiger partial charge in [-0.2, -0.15) is 4.58 Å². The summed E-state index contributed by atoms with van der Waals surface area (Å²) in [5.41, 5.74) is 8.51. The van der Waals surface area contributed by atoms with E-state index >= 15 is 0 Å². The largest absolute Gasteiger partial charge is 1.00 e. The first-order valence-corrected chi connectivity index (χ1v) is 15.8. The number of carbonyl (C=O) groups is 1. The van der Waals surface area contributed by atoms with Crippen LogP contribution in [0.3, 0.4) is 0 Å². The van der Waals surface area contributed by atoms with Gasteiger partial charge in [0.2, 0.25) is 11.4 Å². The average molecular weight is 613 g/mol. The Morgan fingerprint density at radius 1 is 1.07 bits per heavy atom. The van der Waals surface area contributed by atoms with Gasteiger partial charge in [0, 0.05) is 30.2 Å². The maximum Gasteiger partial charge on any atom is 1.00 e. The van der Waals surface area contributed by atoms with Gasteiger partial charge in [-0.1, -0.05) is 42.5 Å². The van der Waals surface area contributed by atoms with Gasteiger partial charge in [0.05, 0.1) is 27.0 Å². The normalized spacial score (nSPS) is 17.4. The van der Waals surface area contributed by atoms with Crippen molar-refractivity contribution in [1.29, 1.82) is 0 Å². The topological polar surface area (TPSA) is 170 Å². The van der Waals surface area contributed by atoms with E-state index in [4.69, 9.17) is 10.5 Å². The monoisotopic (exact) mass is 612 g/mol. The van der Waals surface area contributed by atoms with E-state index in [-0.39, 0.29) is 61.5 Å². The van der Waals surface area contributed by atoms with E-state index in [1.165, 1.54) is 18.2 Å². The number of fused-ring (bicyclic) bond motifs is 1. The third-order valence-electron chi connectivity index (χ3n) is 6.71. The summed E-state index contributed by atoms with van der Waals surface area (Å²) in [5.74, 6) is -0.982. The summed E-state index contributed by atoms with van der Waals surface area (Å²) in [7, 11) is -9.26. The molecule has 10 nitrogen and oxygen atoms in total. The van der Waals surface area contributed by atoms with Gasteiger partial charge < -0.3 is 19.6 Å². The molecule has 0 bridgehead atoms. The SMILES string of the molecule is CCOC(=O)CCCC1(C)C(C(N)=CC=Cc2ccccc2)=[N+](CCCS(=O)(=O)[O-])c2ccc(S(=O)(=O)[O-])cc21.[Na+]. The Balaban J connectivity index is 0.00000588. The molecule has 41 heavy (non-hydrogen) atoms. The van der Waals surface area contributed by atoms with Crippen LogP contribution in [0.15, 0.2) is 71.3 Å². The molecular formula is C28H33N2NaO8S2. The molecular weight excluding hydrogens is 579 g/mol. The summed E-state index contributed by atoms with van der Waals surface area (Å²) in [6.07, 6.45) is 6.09. The van der Waals surface area contributed by atoms with Crippen molar-refractivity contribution < 1.29 is 69.6 Å². The van der Waals surface area contributed by atoms with Crippen molar-refractivity contribution in [2.75, 3.05) is 18.9 Å². The van der Waals surface area contributed by atoms with Crippen molar-refractivity contribution in [3.05, 3.63) is 77.5 Å². The zero-order valence-electron chi connectivity index (χ0n) is 23.4. The van der Waals surface area contributed by atoms with Crippen molar-refractivity contribution >= 4 is 43.7 Å². The number of nitrogens with zero attached hydrogens (tertiary/aromatic N) is 1. The predicted molar refractivity (Wildman–Crippen MR) is 149 cm³/mol. The fraction of sp³-hybridized carbons (Fsp3) is 0.357. The molecule has 1 aliphatic heterocycles. The molecule has 216 valence electrons. The summed E-state index contributed by atoms with van der Waals surface area (Å²) in [6, 6.07) is 13.5. The van der Waals surface area contributed by atoms with Gasteiger partial charge in [0.1, 0.15) is 22.4 Å². The number of nitrogens with two attached hydrogens (primary N) is 1. The molecule has 13 heteroatoms. The molecule has 0 saturated heterocycles. The Hall–Kier alpha value is -2.32. The van der Waals surface area contributed by atoms with Gasteiger partial charge in [-0.15, -0.1) is 0 Å². The smallest absolute Gasteiger partial charge is 0.748 e. The second-order valence-corrected chi connectivity index (χ2v) is 12.5. The summed E-state index contributed by atoms with van der Waals surface area (Å²) < 4.78 is 76.4. The Morgan fingerprint density at radius 2 is 1.76 bits per heavy atom. The Labute approximate surface area is 263 Å². The molecule has 2 aromatic carbocycles. The molecule has 2 aromatic rings. The molecule has 0 amide bonds. The quantitative estimate of drug-likeness (QED) is 0.109. The van der Waals surface area contributed by atoms with Crippen molar-refractivity contribution in [2.45, 2.75) is 49.8 Å². The van der Waals surface area contributed by atoms with E-state index in [9.17, 15) is 30.7 Å². The zero-order chi connectivity index (χ0) is 29.6. The van der Waals surface area contributed by atoms with Gasteiger partial charge in [0.15, 0.2) is 0 Å². The summed E-state index contributed by atoms with van der Waals surface area (Å²) in [5, 5.41) is 0. The van der Waals surface area contributed by atoms with Crippen molar-refractivity contribution in [3.63, 3.8) is 0 Å². The van der Waals surface area contributed by atoms with Crippen LogP contribution >= 0.6 is 0 Å². The van der Waals surface area contributed by atoms with E-state index in [0.717, 1.165) is 5.56 Å². The first-order valence-electron chi connectivity index (χ1n) is 12.8. The average Bonchev–Trinajstić information content (AvgIpc) is 3.11. The first-order chi connectivity index (χ1) is 18.8. The number of carbonyl (C=O) groups excluding carboxylic acids is 1. The second-order valence-electron chi connectivity index (χ2n) is 9.63. The van der Waals surface area contributed by atoms with Crippen LogP contribution in [0.25, 0.3) is 6.08 Å². The van der Waals surface area contributed by atoms with Crippen LogP contribution in [0.4, 0.5) is 5.69 Å². The second kappa shape index (κ2) is 14.7. The Bertz CT molecular complexity index is 1550. The van der Waals surface area contributed by atoms with Crippen LogP contribution in [0.2, 0.25) is 0 Å². The fourth-order valence-electron chi connectivity index (χ4n) is 4.98. The zero-order valence-corrected chi connectivity index (χ0v) is 27.0. The fourth-order valence-corrected chi connectivity index (χ4v) is 5.96. The summed E-state index contributed by atoms with van der Waals surface area (Å²) in [6.45, 7) is 3.87. The van der Waals surface area contributed by atoms with Gasteiger partial charge >= 0.3 is 35.5 Å². The molecule has 0 radical (unpaired) electrons. The molecule has 1 unspecified atom stereocenters. The van der Waals surface area contributed by atoms with Gasteiger partial charge in [-0.3, -0.25) is 4.79 Å². The van der Waals surface area contributed by atoms with Crippen LogP contribution in [0.5, 0.6) is 0 Å². The van der Waals surface area contributed by atoms with E-state index in [1.807, 2.05) is 43.3 Å². The van der Waals surface area contributed by atoms with E-state index in [0.29, 0.717) is 35.5 Å². The molecule has 1 aliphatic rings. The molecule has 3 rings (SSSR count). The van der Waals surface area contributed by atoms with Crippen LogP contribution in [0.1, 0.15) is 50.7 Å². The van der Waals surface area contributed by atoms with Crippen LogP contribution in [0, 0.1) is 0 Å². The van der Waals surface area contributed by atoms with Crippen LogP contribution in [-0.2, 0) is 35.2 Å². The molecule has 0 saturated carbocycles. The van der Waals surface area contributed by atoms with Crippen molar-refractivity contribution in [2.24, 2.45) is 5.73 Å². The molecule has 0 aliphatic carbocycles. The van der Waals surface area contributed by atoms with Crippen molar-refractivity contribution in [3.8, 4) is 0 Å². The van der Waals surface area contributed by atoms with Gasteiger partial charge in [0.25, 0.3) is 0 Å². The van der Waals surface area contributed by atoms with Crippen molar-refractivity contribution in [1.82, 2.24) is 0 Å². The van der Waals surface area contributed by atoms with E-state index in [1.54, 1.807) is 23.7 Å². The molecule has 0 fully saturated rings. The van der Waals surface area contributed by atoms with Crippen LogP contribution < -0.4 is 35.3 Å². The summed E-state index contributed by atoms with van der Waals surface area (Å²) >= 11 is 0.